The van der Waals surface area contributed by atoms with Crippen LogP contribution in [0.5, 0.6) is 0 Å². The van der Waals surface area contributed by atoms with E-state index in [0.717, 1.165) is 6.26 Å². The van der Waals surface area contributed by atoms with Gasteiger partial charge in [0.2, 0.25) is 5.60 Å². The normalized spacial score (nSPS) is 28.8. The van der Waals surface area contributed by atoms with Crippen molar-refractivity contribution in [3.63, 3.8) is 0 Å². The van der Waals surface area contributed by atoms with E-state index in [1.165, 1.54) is 30.6 Å². The van der Waals surface area contributed by atoms with E-state index < -0.39 is 24.3 Å². The summed E-state index contributed by atoms with van der Waals surface area (Å²) in [6.45, 7) is 0. The molecule has 17 heavy (non-hydrogen) atoms. The molecule has 1 aliphatic rings. The number of aliphatic hydroxyl groups excluding tert-OH is 1. The van der Waals surface area contributed by atoms with Crippen LogP contribution in [0.4, 0.5) is 13.2 Å². The molecule has 0 radical (unpaired) electrons. The van der Waals surface area contributed by atoms with E-state index in [4.69, 9.17) is 4.74 Å². The van der Waals surface area contributed by atoms with Gasteiger partial charge in [0.1, 0.15) is 0 Å². The maximum absolute atomic E-state index is 13.2. The molecule has 2 heterocycles. The van der Waals surface area contributed by atoms with Crippen LogP contribution < -0.4 is 0 Å². The quantitative estimate of drug-likeness (QED) is 0.824. The summed E-state index contributed by atoms with van der Waals surface area (Å²) in [7, 11) is 0. The molecule has 0 saturated carbocycles. The monoisotopic (exact) mass is 245 g/mol. The third-order valence-corrected chi connectivity index (χ3v) is 2.67. The van der Waals surface area contributed by atoms with Gasteiger partial charge < -0.3 is 9.84 Å². The minimum atomic E-state index is -4.61. The zero-order chi connectivity index (χ0) is 12.5. The lowest BCUT2D eigenvalue weighted by Gasteiger charge is -2.38. The van der Waals surface area contributed by atoms with Crippen LogP contribution in [0.15, 0.2) is 36.9 Å². The number of aromatic nitrogens is 1. The fourth-order valence-electron chi connectivity index (χ4n) is 1.81. The van der Waals surface area contributed by atoms with Crippen LogP contribution in [0.3, 0.4) is 0 Å². The first-order chi connectivity index (χ1) is 7.96. The van der Waals surface area contributed by atoms with Crippen LogP contribution in [0.2, 0.25) is 0 Å². The minimum absolute atomic E-state index is 0.0663. The van der Waals surface area contributed by atoms with Crippen LogP contribution in [0.1, 0.15) is 12.0 Å². The van der Waals surface area contributed by atoms with Crippen molar-refractivity contribution in [2.45, 2.75) is 24.3 Å². The summed E-state index contributed by atoms with van der Waals surface area (Å²) in [4.78, 5) is 3.67. The van der Waals surface area contributed by atoms with Gasteiger partial charge in [-0.3, -0.25) is 4.98 Å². The number of aliphatic hydroxyl groups is 1. The number of halogens is 3. The molecule has 2 rings (SSSR count). The van der Waals surface area contributed by atoms with Gasteiger partial charge in [-0.2, -0.15) is 13.2 Å². The van der Waals surface area contributed by atoms with E-state index in [0.29, 0.717) is 0 Å². The molecule has 3 nitrogen and oxygen atoms in total. The highest BCUT2D eigenvalue weighted by molar-refractivity contribution is 5.24. The van der Waals surface area contributed by atoms with Crippen molar-refractivity contribution in [3.05, 3.63) is 42.4 Å². The van der Waals surface area contributed by atoms with E-state index in [9.17, 15) is 18.3 Å². The molecule has 0 aliphatic carbocycles. The second-order valence-corrected chi connectivity index (χ2v) is 3.78. The van der Waals surface area contributed by atoms with Gasteiger partial charge in [-0.25, -0.2) is 0 Å². The first kappa shape index (κ1) is 11.9. The van der Waals surface area contributed by atoms with Gasteiger partial charge in [-0.15, -0.1) is 0 Å². The summed E-state index contributed by atoms with van der Waals surface area (Å²) in [5, 5.41) is 9.39. The molecule has 0 unspecified atom stereocenters. The predicted molar refractivity (Wildman–Crippen MR) is 52.8 cm³/mol. The molecule has 0 amide bonds. The standard InChI is InChI=1S/C11H10F3NO2/c12-11(13,14)10(7-9(16)3-6-17-10)8-1-4-15-5-2-8/h1-6,9,16H,7H2/t9-,10+/m0/s1. The van der Waals surface area contributed by atoms with Crippen molar-refractivity contribution in [2.24, 2.45) is 0 Å². The molecule has 0 spiro atoms. The van der Waals surface area contributed by atoms with Crippen molar-refractivity contribution in [1.29, 1.82) is 0 Å². The highest BCUT2D eigenvalue weighted by Gasteiger charge is 2.59. The predicted octanol–water partition coefficient (Wildman–Crippen LogP) is 2.13. The number of alkyl halides is 3. The van der Waals surface area contributed by atoms with E-state index in [1.807, 2.05) is 0 Å². The number of hydrogen-bond donors (Lipinski definition) is 1. The topological polar surface area (TPSA) is 42.4 Å². The summed E-state index contributed by atoms with van der Waals surface area (Å²) in [6, 6.07) is 2.47. The van der Waals surface area contributed by atoms with Crippen LogP contribution in [-0.2, 0) is 10.3 Å². The van der Waals surface area contributed by atoms with E-state index in [-0.39, 0.29) is 5.56 Å². The third-order valence-electron chi connectivity index (χ3n) is 2.67. The van der Waals surface area contributed by atoms with Crippen LogP contribution >= 0.6 is 0 Å². The zero-order valence-corrected chi connectivity index (χ0v) is 8.69. The molecule has 1 N–H and O–H groups in total. The van der Waals surface area contributed by atoms with Crippen molar-refractivity contribution in [3.8, 4) is 0 Å². The van der Waals surface area contributed by atoms with Crippen molar-refractivity contribution in [1.82, 2.24) is 4.98 Å². The number of pyridine rings is 1. The Morgan fingerprint density at radius 1 is 1.35 bits per heavy atom. The van der Waals surface area contributed by atoms with Gasteiger partial charge in [-0.05, 0) is 18.2 Å². The lowest BCUT2D eigenvalue weighted by atomic mass is 9.86. The average molecular weight is 245 g/mol. The summed E-state index contributed by atoms with van der Waals surface area (Å²) in [6.07, 6.45) is -1.75. The summed E-state index contributed by atoms with van der Waals surface area (Å²) in [5.41, 5.74) is -2.56. The minimum Gasteiger partial charge on any atom is -0.481 e. The molecule has 0 saturated heterocycles. The molecule has 0 aromatic carbocycles. The Morgan fingerprint density at radius 2 is 2.00 bits per heavy atom. The Bertz CT molecular complexity index is 418. The fraction of sp³-hybridized carbons (Fsp3) is 0.364. The van der Waals surface area contributed by atoms with Gasteiger partial charge in [0.15, 0.2) is 0 Å². The Kier molecular flexibility index (Phi) is 2.82. The molecule has 1 aromatic heterocycles. The molecule has 0 bridgehead atoms. The number of hydrogen-bond acceptors (Lipinski definition) is 3. The molecule has 1 aromatic rings. The smallest absolute Gasteiger partial charge is 0.432 e. The second-order valence-electron chi connectivity index (χ2n) is 3.78. The maximum atomic E-state index is 13.2. The zero-order valence-electron chi connectivity index (χ0n) is 8.69. The summed E-state index contributed by atoms with van der Waals surface area (Å²) < 4.78 is 44.3. The van der Waals surface area contributed by atoms with Crippen molar-refractivity contribution < 1.29 is 23.0 Å². The molecule has 6 heteroatoms. The maximum Gasteiger partial charge on any atom is 0.432 e. The van der Waals surface area contributed by atoms with Crippen molar-refractivity contribution >= 4 is 0 Å². The highest BCUT2D eigenvalue weighted by atomic mass is 19.4. The van der Waals surface area contributed by atoms with E-state index >= 15 is 0 Å². The molecule has 2 atom stereocenters. The lowest BCUT2D eigenvalue weighted by Crippen LogP contribution is -2.47. The Morgan fingerprint density at radius 3 is 2.53 bits per heavy atom. The molecular formula is C11H10F3NO2. The lowest BCUT2D eigenvalue weighted by molar-refractivity contribution is -0.279. The van der Waals surface area contributed by atoms with Crippen molar-refractivity contribution in [2.75, 3.05) is 0 Å². The molecule has 1 aliphatic heterocycles. The van der Waals surface area contributed by atoms with Gasteiger partial charge in [0.05, 0.1) is 12.4 Å². The van der Waals surface area contributed by atoms with Gasteiger partial charge in [0, 0.05) is 24.4 Å². The first-order valence-corrected chi connectivity index (χ1v) is 4.95. The molecule has 92 valence electrons. The fourth-order valence-corrected chi connectivity index (χ4v) is 1.81. The molecular weight excluding hydrogens is 235 g/mol. The SMILES string of the molecule is O[C@H]1C=CO[C@](c2ccncc2)(C(F)(F)F)C1. The third kappa shape index (κ3) is 2.00. The second kappa shape index (κ2) is 4.03. The average Bonchev–Trinajstić information content (AvgIpc) is 2.28. The number of nitrogens with zero attached hydrogens (tertiary/aromatic N) is 1. The summed E-state index contributed by atoms with van der Waals surface area (Å²) in [5.74, 6) is 0. The summed E-state index contributed by atoms with van der Waals surface area (Å²) >= 11 is 0. The largest absolute Gasteiger partial charge is 0.481 e. The van der Waals surface area contributed by atoms with Gasteiger partial charge >= 0.3 is 6.18 Å². The molecule has 0 fully saturated rings. The van der Waals surface area contributed by atoms with Gasteiger partial charge in [-0.1, -0.05) is 0 Å². The highest BCUT2D eigenvalue weighted by Crippen LogP contribution is 2.47. The number of ether oxygens (including phenoxy) is 1. The Labute approximate surface area is 95.5 Å². The van der Waals surface area contributed by atoms with E-state index in [1.54, 1.807) is 0 Å². The van der Waals surface area contributed by atoms with Crippen LogP contribution in [0, 0.1) is 0 Å². The van der Waals surface area contributed by atoms with E-state index in [2.05, 4.69) is 4.98 Å². The Balaban J connectivity index is 2.49. The van der Waals surface area contributed by atoms with Crippen LogP contribution in [0.25, 0.3) is 0 Å². The number of rotatable bonds is 1. The van der Waals surface area contributed by atoms with Gasteiger partial charge in [0.25, 0.3) is 0 Å². The van der Waals surface area contributed by atoms with Crippen LogP contribution in [-0.4, -0.2) is 22.4 Å². The Hall–Kier alpha value is -1.56. The first-order valence-electron chi connectivity index (χ1n) is 4.95.